The van der Waals surface area contributed by atoms with E-state index in [1.54, 1.807) is 20.0 Å². The number of aromatic amines is 2. The van der Waals surface area contributed by atoms with E-state index >= 15 is 0 Å². The molecule has 15 N–H and O–H groups in total. The van der Waals surface area contributed by atoms with Gasteiger partial charge < -0.3 is 64.4 Å². The lowest BCUT2D eigenvalue weighted by Gasteiger charge is -2.27. The van der Waals surface area contributed by atoms with Crippen LogP contribution in [-0.2, 0) is 51.2 Å². The zero-order valence-electron chi connectivity index (χ0n) is 38.4. The summed E-state index contributed by atoms with van der Waals surface area (Å²) in [6.45, 7) is 12.4. The van der Waals surface area contributed by atoms with Gasteiger partial charge in [0.2, 0.25) is 47.3 Å². The van der Waals surface area contributed by atoms with Crippen LogP contribution >= 0.6 is 0 Å². The van der Waals surface area contributed by atoms with E-state index in [1.807, 2.05) is 52.0 Å². The number of hydrogen-bond acceptors (Lipinski definition) is 11. The monoisotopic (exact) mass is 908 g/mol. The van der Waals surface area contributed by atoms with Gasteiger partial charge in [0.25, 0.3) is 0 Å². The van der Waals surface area contributed by atoms with Crippen LogP contribution in [-0.4, -0.2) is 118 Å². The highest BCUT2D eigenvalue weighted by atomic mass is 16.2. The average molecular weight is 908 g/mol. The van der Waals surface area contributed by atoms with E-state index in [9.17, 15) is 38.4 Å². The van der Waals surface area contributed by atoms with Gasteiger partial charge in [-0.3, -0.25) is 38.4 Å². The number of imidazole rings is 1. The molecule has 0 saturated heterocycles. The second-order valence-corrected chi connectivity index (χ2v) is 17.6. The molecular formula is C44H69N13O8. The van der Waals surface area contributed by atoms with Crippen LogP contribution in [0.4, 0.5) is 0 Å². The van der Waals surface area contributed by atoms with E-state index in [2.05, 4.69) is 52.2 Å². The minimum atomic E-state index is -1.20. The number of hydrogen-bond donors (Lipinski definition) is 12. The van der Waals surface area contributed by atoms with Gasteiger partial charge >= 0.3 is 0 Å². The summed E-state index contributed by atoms with van der Waals surface area (Å²) in [6, 6.07) is 0.616. The van der Waals surface area contributed by atoms with Gasteiger partial charge in [-0.25, -0.2) is 4.98 Å². The number of para-hydroxylation sites is 1. The van der Waals surface area contributed by atoms with Crippen molar-refractivity contribution in [2.45, 2.75) is 129 Å². The van der Waals surface area contributed by atoms with Gasteiger partial charge in [0, 0.05) is 60.8 Å². The third kappa shape index (κ3) is 18.0. The molecule has 3 aromatic rings. The van der Waals surface area contributed by atoms with Crippen molar-refractivity contribution in [1.29, 1.82) is 0 Å². The van der Waals surface area contributed by atoms with Crippen molar-refractivity contribution in [1.82, 2.24) is 52.2 Å². The van der Waals surface area contributed by atoms with Crippen molar-refractivity contribution in [2.75, 3.05) is 13.1 Å². The van der Waals surface area contributed by atoms with Gasteiger partial charge in [-0.15, -0.1) is 0 Å². The number of rotatable bonds is 28. The Kier molecular flexibility index (Phi) is 21.0. The number of aromatic nitrogens is 3. The maximum absolute atomic E-state index is 13.8. The minimum absolute atomic E-state index is 0.0213. The fraction of sp³-hybridized carbons (Fsp3) is 0.568. The Morgan fingerprint density at radius 2 is 1.37 bits per heavy atom. The maximum atomic E-state index is 13.8. The summed E-state index contributed by atoms with van der Waals surface area (Å²) in [7, 11) is 0. The molecule has 7 atom stereocenters. The van der Waals surface area contributed by atoms with E-state index in [0.29, 0.717) is 24.1 Å². The molecule has 21 nitrogen and oxygen atoms in total. The van der Waals surface area contributed by atoms with E-state index in [1.165, 1.54) is 19.4 Å². The summed E-state index contributed by atoms with van der Waals surface area (Å²) in [4.78, 5) is 114. The fourth-order valence-corrected chi connectivity index (χ4v) is 7.10. The molecule has 0 aliphatic rings. The molecule has 0 aliphatic heterocycles. The third-order valence-corrected chi connectivity index (χ3v) is 10.6. The van der Waals surface area contributed by atoms with Crippen molar-refractivity contribution in [3.63, 3.8) is 0 Å². The first kappa shape index (κ1) is 53.0. The number of nitrogens with zero attached hydrogens (tertiary/aromatic N) is 1. The van der Waals surface area contributed by atoms with Gasteiger partial charge in [0.1, 0.15) is 24.2 Å². The van der Waals surface area contributed by atoms with Crippen LogP contribution in [0.25, 0.3) is 10.9 Å². The smallest absolute Gasteiger partial charge is 0.243 e. The van der Waals surface area contributed by atoms with Crippen LogP contribution in [0.15, 0.2) is 43.0 Å². The van der Waals surface area contributed by atoms with Gasteiger partial charge in [-0.2, -0.15) is 0 Å². The average Bonchev–Trinajstić information content (AvgIpc) is 3.91. The number of benzene rings is 1. The first-order chi connectivity index (χ1) is 30.6. The van der Waals surface area contributed by atoms with Crippen molar-refractivity contribution >= 4 is 58.2 Å². The molecule has 0 unspecified atom stereocenters. The van der Waals surface area contributed by atoms with Crippen LogP contribution in [0.5, 0.6) is 0 Å². The highest BCUT2D eigenvalue weighted by Crippen LogP contribution is 2.19. The van der Waals surface area contributed by atoms with Crippen molar-refractivity contribution in [3.8, 4) is 0 Å². The molecule has 1 aromatic carbocycles. The molecule has 0 fully saturated rings. The Labute approximate surface area is 379 Å². The van der Waals surface area contributed by atoms with Crippen LogP contribution in [0.1, 0.15) is 85.4 Å². The quantitative estimate of drug-likeness (QED) is 0.0420. The number of carbonyl (C=O) groups is 8. The fourth-order valence-electron chi connectivity index (χ4n) is 7.10. The highest BCUT2D eigenvalue weighted by Gasteiger charge is 2.32. The minimum Gasteiger partial charge on any atom is -0.370 e. The largest absolute Gasteiger partial charge is 0.370 e. The Morgan fingerprint density at radius 3 is 1.98 bits per heavy atom. The summed E-state index contributed by atoms with van der Waals surface area (Å²) < 4.78 is 0. The molecule has 0 aliphatic carbocycles. The van der Waals surface area contributed by atoms with E-state index in [0.717, 1.165) is 10.9 Å². The SMILES string of the molecule is CC(C)C[C@@H](CN[C@@H](CC(C)C)C(N)=O)NC(=O)[C@H](Cc1cnc[nH]1)NC(=O)CNC(=O)[C@@H](NC(=O)[C@H](C)NC(=O)[C@H](Cc1c[nH]c2ccccc12)NC(=O)[C@@H](N)CCC(N)=O)C(C)C. The standard InChI is InChI=1S/C44H69N13O8/c1-23(2)14-29(20-50-33(39(47)60)15-24(3)4)54-43(64)35(17-28-19-48-22-52-28)55-37(59)21-51-44(65)38(25(5)6)57-40(61)26(7)53-42(63)34(56-41(62)31(45)12-13-36(46)58)16-27-18-49-32-11-9-8-10-30(27)32/h8-11,18-19,22-26,29,31,33-35,38,49-50H,12-17,20-21,45H2,1-7H3,(H2,46,58)(H2,47,60)(H,48,52)(H,51,65)(H,53,63)(H,54,64)(H,55,59)(H,56,62)(H,57,61)/t26-,29-,31-,33-,34-,35-,38-/m0/s1. The van der Waals surface area contributed by atoms with Crippen molar-refractivity contribution in [3.05, 3.63) is 54.2 Å². The molecule has 0 radical (unpaired) electrons. The molecule has 358 valence electrons. The second kappa shape index (κ2) is 25.8. The predicted octanol–water partition coefficient (Wildman–Crippen LogP) is -0.979. The molecule has 0 bridgehead atoms. The third-order valence-electron chi connectivity index (χ3n) is 10.6. The van der Waals surface area contributed by atoms with Crippen molar-refractivity contribution < 1.29 is 38.4 Å². The topological polar surface area (TPSA) is 343 Å². The number of nitrogens with one attached hydrogen (secondary N) is 9. The van der Waals surface area contributed by atoms with E-state index in [4.69, 9.17) is 17.2 Å². The summed E-state index contributed by atoms with van der Waals surface area (Å²) in [5.41, 5.74) is 18.9. The lowest BCUT2D eigenvalue weighted by molar-refractivity contribution is -0.134. The first-order valence-electron chi connectivity index (χ1n) is 22.0. The van der Waals surface area contributed by atoms with Crippen molar-refractivity contribution in [2.24, 2.45) is 35.0 Å². The number of fused-ring (bicyclic) bond motifs is 1. The molecular weight excluding hydrogens is 839 g/mol. The predicted molar refractivity (Wildman–Crippen MR) is 244 cm³/mol. The molecule has 3 rings (SSSR count). The number of nitrogens with two attached hydrogens (primary N) is 3. The molecule has 8 amide bonds. The Hall–Kier alpha value is -6.35. The molecule has 21 heteroatoms. The number of carbonyl (C=O) groups excluding carboxylic acids is 8. The molecule has 2 heterocycles. The van der Waals surface area contributed by atoms with Gasteiger partial charge in [0.15, 0.2) is 0 Å². The molecule has 65 heavy (non-hydrogen) atoms. The summed E-state index contributed by atoms with van der Waals surface area (Å²) in [5.74, 6) is -5.23. The van der Waals surface area contributed by atoms with E-state index < -0.39 is 102 Å². The lowest BCUT2D eigenvalue weighted by Crippen LogP contribution is -2.59. The van der Waals surface area contributed by atoms with Crippen LogP contribution in [0.2, 0.25) is 0 Å². The number of H-pyrrole nitrogens is 2. The Bertz CT molecular complexity index is 2070. The summed E-state index contributed by atoms with van der Waals surface area (Å²) in [6.07, 6.45) is 5.65. The number of amides is 8. The van der Waals surface area contributed by atoms with Gasteiger partial charge in [0.05, 0.1) is 25.0 Å². The van der Waals surface area contributed by atoms with Gasteiger partial charge in [-0.1, -0.05) is 59.7 Å². The Balaban J connectivity index is 1.67. The van der Waals surface area contributed by atoms with Crippen LogP contribution in [0, 0.1) is 17.8 Å². The highest BCUT2D eigenvalue weighted by molar-refractivity contribution is 5.96. The lowest BCUT2D eigenvalue weighted by atomic mass is 10.0. The van der Waals surface area contributed by atoms with Crippen LogP contribution < -0.4 is 54.4 Å². The zero-order valence-corrected chi connectivity index (χ0v) is 38.4. The molecule has 0 saturated carbocycles. The second-order valence-electron chi connectivity index (χ2n) is 17.6. The summed E-state index contributed by atoms with van der Waals surface area (Å²) >= 11 is 0. The summed E-state index contributed by atoms with van der Waals surface area (Å²) in [5, 5.41) is 20.1. The first-order valence-corrected chi connectivity index (χ1v) is 22.0. The van der Waals surface area contributed by atoms with Crippen LogP contribution in [0.3, 0.4) is 0 Å². The molecule has 2 aromatic heterocycles. The zero-order chi connectivity index (χ0) is 48.4. The van der Waals surface area contributed by atoms with Gasteiger partial charge in [-0.05, 0) is 55.6 Å². The maximum Gasteiger partial charge on any atom is 0.243 e. The molecule has 0 spiro atoms. The van der Waals surface area contributed by atoms with E-state index in [-0.39, 0.29) is 44.1 Å². The number of primary amides is 2. The Morgan fingerprint density at radius 1 is 0.708 bits per heavy atom. The normalized spacial score (nSPS) is 14.7.